The molecule has 1 aliphatic rings. The van der Waals surface area contributed by atoms with Gasteiger partial charge >= 0.3 is 6.03 Å². The van der Waals surface area contributed by atoms with Crippen LogP contribution in [0.25, 0.3) is 0 Å². The Hall–Kier alpha value is -3.94. The largest absolute Gasteiger partial charge is 0.495 e. The average Bonchev–Trinajstić information content (AvgIpc) is 3.29. The zero-order valence-corrected chi connectivity index (χ0v) is 18.0. The maximum absolute atomic E-state index is 14.3. The monoisotopic (exact) mass is 451 g/mol. The summed E-state index contributed by atoms with van der Waals surface area (Å²) >= 11 is 0. The van der Waals surface area contributed by atoms with Gasteiger partial charge in [0.15, 0.2) is 6.10 Å². The normalized spacial score (nSPS) is 14.9. The van der Waals surface area contributed by atoms with Crippen LogP contribution < -0.4 is 10.1 Å². The Labute approximate surface area is 190 Å². The van der Waals surface area contributed by atoms with Crippen molar-refractivity contribution in [2.24, 2.45) is 5.16 Å². The smallest absolute Gasteiger partial charge is 0.322 e. The van der Waals surface area contributed by atoms with Crippen molar-refractivity contribution in [3.05, 3.63) is 95.6 Å². The van der Waals surface area contributed by atoms with E-state index in [0.717, 1.165) is 5.56 Å². The van der Waals surface area contributed by atoms with E-state index in [1.807, 2.05) is 0 Å². The number of para-hydroxylation sites is 2. The fraction of sp³-hybridized carbons (Fsp3) is 0.200. The van der Waals surface area contributed by atoms with Gasteiger partial charge < -0.3 is 19.8 Å². The molecule has 8 heteroatoms. The Kier molecular flexibility index (Phi) is 6.83. The molecule has 0 aromatic heterocycles. The molecular formula is C25H23F2N3O3. The first-order valence-electron chi connectivity index (χ1n) is 10.4. The van der Waals surface area contributed by atoms with E-state index in [-0.39, 0.29) is 18.9 Å². The molecule has 0 saturated carbocycles. The average molecular weight is 451 g/mol. The van der Waals surface area contributed by atoms with E-state index in [4.69, 9.17) is 9.57 Å². The Morgan fingerprint density at radius 3 is 2.58 bits per heavy atom. The minimum absolute atomic E-state index is 0.0411. The predicted molar refractivity (Wildman–Crippen MR) is 121 cm³/mol. The van der Waals surface area contributed by atoms with Crippen LogP contribution in [0.2, 0.25) is 0 Å². The van der Waals surface area contributed by atoms with Crippen LogP contribution in [0.1, 0.15) is 17.5 Å². The summed E-state index contributed by atoms with van der Waals surface area (Å²) in [5, 5.41) is 6.94. The lowest BCUT2D eigenvalue weighted by atomic mass is 10.0. The molecule has 6 nitrogen and oxygen atoms in total. The lowest BCUT2D eigenvalue weighted by molar-refractivity contribution is 0.0606. The number of hydrogen-bond donors (Lipinski definition) is 1. The molecule has 170 valence electrons. The van der Waals surface area contributed by atoms with Crippen molar-refractivity contribution in [2.45, 2.75) is 19.1 Å². The highest BCUT2D eigenvalue weighted by atomic mass is 19.1. The summed E-state index contributed by atoms with van der Waals surface area (Å²) < 4.78 is 32.9. The van der Waals surface area contributed by atoms with Crippen LogP contribution in [0.3, 0.4) is 0 Å². The molecule has 3 aromatic rings. The van der Waals surface area contributed by atoms with Gasteiger partial charge in [-0.3, -0.25) is 0 Å². The first-order valence-corrected chi connectivity index (χ1v) is 10.4. The molecule has 1 aliphatic heterocycles. The molecule has 0 saturated heterocycles. The van der Waals surface area contributed by atoms with Crippen molar-refractivity contribution < 1.29 is 23.1 Å². The maximum Gasteiger partial charge on any atom is 0.322 e. The van der Waals surface area contributed by atoms with E-state index in [1.165, 1.54) is 30.2 Å². The molecule has 3 aromatic carbocycles. The summed E-state index contributed by atoms with van der Waals surface area (Å²) in [4.78, 5) is 20.2. The van der Waals surface area contributed by atoms with Gasteiger partial charge in [-0.25, -0.2) is 13.6 Å². The van der Waals surface area contributed by atoms with Gasteiger partial charge in [-0.05, 0) is 35.9 Å². The Morgan fingerprint density at radius 1 is 1.09 bits per heavy atom. The Balaban J connectivity index is 1.50. The van der Waals surface area contributed by atoms with Gasteiger partial charge in [-0.2, -0.15) is 0 Å². The molecule has 0 radical (unpaired) electrons. The standard InChI is InChI=1S/C25H23F2N3O3/c1-32-24-9-5-4-8-22(24)28-25(31)30(15-18-6-2-3-7-21(18)27)16-20-14-23(29-33-20)17-10-12-19(26)13-11-17/h2-13,20H,14-16H2,1H3,(H,28,31)/t20-/m1/s1. The number of nitrogens with zero attached hydrogens (tertiary/aromatic N) is 2. The molecule has 0 fully saturated rings. The summed E-state index contributed by atoms with van der Waals surface area (Å²) in [6.45, 7) is 0.211. The van der Waals surface area contributed by atoms with Crippen LogP contribution in [0, 0.1) is 11.6 Å². The number of nitrogens with one attached hydrogen (secondary N) is 1. The highest BCUT2D eigenvalue weighted by Gasteiger charge is 2.28. The van der Waals surface area contributed by atoms with E-state index >= 15 is 0 Å². The molecule has 33 heavy (non-hydrogen) atoms. The zero-order chi connectivity index (χ0) is 23.2. The van der Waals surface area contributed by atoms with Crippen LogP contribution >= 0.6 is 0 Å². The highest BCUT2D eigenvalue weighted by molar-refractivity contribution is 6.01. The number of anilines is 1. The molecule has 1 heterocycles. The number of halogens is 2. The third-order valence-corrected chi connectivity index (χ3v) is 5.29. The van der Waals surface area contributed by atoms with Crippen molar-refractivity contribution in [2.75, 3.05) is 19.0 Å². The van der Waals surface area contributed by atoms with Crippen LogP contribution in [0.5, 0.6) is 5.75 Å². The minimum atomic E-state index is -0.430. The quantitative estimate of drug-likeness (QED) is 0.537. The van der Waals surface area contributed by atoms with Crippen LogP contribution in [0.4, 0.5) is 19.3 Å². The SMILES string of the molecule is COc1ccccc1NC(=O)N(Cc1ccccc1F)C[C@H]1CC(c2ccc(F)cc2)=NO1. The maximum atomic E-state index is 14.3. The first-order chi connectivity index (χ1) is 16.0. The second-order valence-corrected chi connectivity index (χ2v) is 7.58. The van der Waals surface area contributed by atoms with Crippen molar-refractivity contribution in [1.29, 1.82) is 0 Å². The lowest BCUT2D eigenvalue weighted by Crippen LogP contribution is -2.40. The van der Waals surface area contributed by atoms with Gasteiger partial charge in [0, 0.05) is 12.0 Å². The Bertz CT molecular complexity index is 1150. The number of amides is 2. The topological polar surface area (TPSA) is 63.2 Å². The van der Waals surface area contributed by atoms with Gasteiger partial charge in [0.25, 0.3) is 0 Å². The number of urea groups is 1. The zero-order valence-electron chi connectivity index (χ0n) is 18.0. The molecule has 2 amide bonds. The van der Waals surface area contributed by atoms with Crippen molar-refractivity contribution >= 4 is 17.4 Å². The van der Waals surface area contributed by atoms with E-state index in [0.29, 0.717) is 29.1 Å². The summed E-state index contributed by atoms with van der Waals surface area (Å²) in [6.07, 6.45) is 0.00156. The molecule has 0 bridgehead atoms. The number of carbonyl (C=O) groups is 1. The fourth-order valence-corrected chi connectivity index (χ4v) is 3.58. The van der Waals surface area contributed by atoms with Gasteiger partial charge in [0.1, 0.15) is 17.4 Å². The fourth-order valence-electron chi connectivity index (χ4n) is 3.58. The number of hydrogen-bond acceptors (Lipinski definition) is 4. The summed E-state index contributed by atoms with van der Waals surface area (Å²) in [6, 6.07) is 18.9. The van der Waals surface area contributed by atoms with Crippen molar-refractivity contribution in [1.82, 2.24) is 4.90 Å². The van der Waals surface area contributed by atoms with Crippen LogP contribution in [-0.4, -0.2) is 36.4 Å². The van der Waals surface area contributed by atoms with Gasteiger partial charge in [0.2, 0.25) is 0 Å². The van der Waals surface area contributed by atoms with Gasteiger partial charge in [-0.15, -0.1) is 0 Å². The number of benzene rings is 3. The van der Waals surface area contributed by atoms with E-state index in [2.05, 4.69) is 10.5 Å². The van der Waals surface area contributed by atoms with Gasteiger partial charge in [0.05, 0.1) is 31.6 Å². The number of carbonyl (C=O) groups excluding carboxylic acids is 1. The van der Waals surface area contributed by atoms with Crippen LogP contribution in [-0.2, 0) is 11.4 Å². The minimum Gasteiger partial charge on any atom is -0.495 e. The molecule has 0 unspecified atom stereocenters. The summed E-state index contributed by atoms with van der Waals surface area (Å²) in [5.74, 6) is -0.224. The molecule has 4 rings (SSSR count). The number of oxime groups is 1. The lowest BCUT2D eigenvalue weighted by Gasteiger charge is -2.26. The molecule has 1 atom stereocenters. The second-order valence-electron chi connectivity index (χ2n) is 7.58. The van der Waals surface area contributed by atoms with Crippen LogP contribution in [0.15, 0.2) is 78.0 Å². The summed E-state index contributed by atoms with van der Waals surface area (Å²) in [7, 11) is 1.52. The van der Waals surface area contributed by atoms with Crippen molar-refractivity contribution in [3.63, 3.8) is 0 Å². The third kappa shape index (κ3) is 5.46. The van der Waals surface area contributed by atoms with Crippen molar-refractivity contribution in [3.8, 4) is 5.75 Å². The molecule has 1 N–H and O–H groups in total. The molecule has 0 spiro atoms. The van der Waals surface area contributed by atoms with Gasteiger partial charge in [-0.1, -0.05) is 47.6 Å². The highest BCUT2D eigenvalue weighted by Crippen LogP contribution is 2.25. The van der Waals surface area contributed by atoms with E-state index in [9.17, 15) is 13.6 Å². The second kappa shape index (κ2) is 10.1. The van der Waals surface area contributed by atoms with E-state index < -0.39 is 18.0 Å². The predicted octanol–water partition coefficient (Wildman–Crippen LogP) is 5.20. The number of ether oxygens (including phenoxy) is 1. The third-order valence-electron chi connectivity index (χ3n) is 5.29. The van der Waals surface area contributed by atoms with E-state index in [1.54, 1.807) is 54.6 Å². The summed E-state index contributed by atoms with van der Waals surface area (Å²) in [5.41, 5.74) is 2.29. The Morgan fingerprint density at radius 2 is 1.82 bits per heavy atom. The molecule has 0 aliphatic carbocycles. The first kappa shape index (κ1) is 22.3. The molecular weight excluding hydrogens is 428 g/mol. The number of rotatable bonds is 7. The number of methoxy groups -OCH3 is 1.